The molecule has 94 valence electrons. The highest BCUT2D eigenvalue weighted by Crippen LogP contribution is 2.35. The molecule has 0 spiro atoms. The molecule has 1 nitrogen and oxygen atoms in total. The number of benzene rings is 3. The Morgan fingerprint density at radius 3 is 2.47 bits per heavy atom. The highest BCUT2D eigenvalue weighted by atomic mass is 79.9. The molecule has 3 aromatic rings. The topological polar surface area (TPSA) is 20.2 Å². The minimum Gasteiger partial charge on any atom is -0.507 e. The first-order valence-electron chi connectivity index (χ1n) is 8.34. The Hall–Kier alpha value is -1.87. The molecule has 3 heteroatoms. The van der Waals surface area contributed by atoms with E-state index in [1.54, 1.807) is 0 Å². The van der Waals surface area contributed by atoms with E-state index in [1.807, 2.05) is 0 Å². The highest BCUT2D eigenvalue weighted by Gasteiger charge is 2.11. The van der Waals surface area contributed by atoms with Crippen molar-refractivity contribution in [2.45, 2.75) is 0 Å². The molecule has 0 aliphatic rings. The first-order valence-corrected chi connectivity index (χ1v) is 6.13. The fourth-order valence-corrected chi connectivity index (χ4v) is 2.11. The molecule has 19 heavy (non-hydrogen) atoms. The van der Waals surface area contributed by atoms with E-state index < -0.39 is 47.8 Å². The molecular formula is C16H10BrFO. The summed E-state index contributed by atoms with van der Waals surface area (Å²) in [5.74, 6) is -1.44. The maximum absolute atomic E-state index is 14.2. The molecule has 0 unspecified atom stereocenters. The third kappa shape index (κ3) is 2.22. The Balaban J connectivity index is 2.58. The van der Waals surface area contributed by atoms with Crippen LogP contribution >= 0.6 is 15.9 Å². The second-order valence-electron chi connectivity index (χ2n) is 3.85. The smallest absolute Gasteiger partial charge is 0.131 e. The molecule has 0 amide bonds. The summed E-state index contributed by atoms with van der Waals surface area (Å²) in [6, 6.07) is 0.708. The van der Waals surface area contributed by atoms with Gasteiger partial charge in [-0.05, 0) is 41.1 Å². The van der Waals surface area contributed by atoms with Crippen molar-refractivity contribution in [3.8, 4) is 16.9 Å². The van der Waals surface area contributed by atoms with E-state index in [0.717, 1.165) is 6.07 Å². The minimum atomic E-state index is -0.730. The predicted octanol–water partition coefficient (Wildman–Crippen LogP) is 5.11. The van der Waals surface area contributed by atoms with Gasteiger partial charge in [0.05, 0.1) is 8.22 Å². The Morgan fingerprint density at radius 1 is 1.05 bits per heavy atom. The highest BCUT2D eigenvalue weighted by molar-refractivity contribution is 9.10. The number of aromatic hydroxyl groups is 1. The summed E-state index contributed by atoms with van der Waals surface area (Å²) in [6.45, 7) is 0. The number of hydrogen-bond donors (Lipinski definition) is 1. The molecule has 0 atom stereocenters. The van der Waals surface area contributed by atoms with Crippen LogP contribution in [-0.4, -0.2) is 5.11 Å². The van der Waals surface area contributed by atoms with Gasteiger partial charge in [0.25, 0.3) is 0 Å². The molecule has 0 heterocycles. The lowest BCUT2D eigenvalue weighted by molar-refractivity contribution is 0.477. The summed E-state index contributed by atoms with van der Waals surface area (Å²) in [7, 11) is 0. The first-order chi connectivity index (χ1) is 11.7. The quantitative estimate of drug-likeness (QED) is 0.659. The van der Waals surface area contributed by atoms with Crippen molar-refractivity contribution in [3.05, 3.63) is 64.7 Å². The van der Waals surface area contributed by atoms with Crippen LogP contribution in [0.5, 0.6) is 5.75 Å². The van der Waals surface area contributed by atoms with Gasteiger partial charge in [-0.2, -0.15) is 0 Å². The summed E-state index contributed by atoms with van der Waals surface area (Å²) >= 11 is 3.18. The van der Waals surface area contributed by atoms with Crippen LogP contribution in [0.15, 0.2) is 58.9 Å². The van der Waals surface area contributed by atoms with Gasteiger partial charge in [-0.3, -0.25) is 0 Å². The van der Waals surface area contributed by atoms with Gasteiger partial charge in [-0.1, -0.05) is 40.1 Å². The molecule has 3 rings (SSSR count). The number of phenols is 1. The zero-order valence-electron chi connectivity index (χ0n) is 15.4. The Labute approximate surface area is 126 Å². The van der Waals surface area contributed by atoms with Crippen LogP contribution in [0.25, 0.3) is 21.9 Å². The lowest BCUT2D eigenvalue weighted by Crippen LogP contribution is -1.86. The lowest BCUT2D eigenvalue weighted by Gasteiger charge is -2.09. The van der Waals surface area contributed by atoms with Crippen molar-refractivity contribution in [3.63, 3.8) is 0 Å². The van der Waals surface area contributed by atoms with Crippen LogP contribution in [0.1, 0.15) is 8.22 Å². The van der Waals surface area contributed by atoms with Gasteiger partial charge in [0, 0.05) is 15.6 Å². The van der Waals surface area contributed by atoms with Crippen LogP contribution in [0, 0.1) is 5.82 Å². The second-order valence-corrected chi connectivity index (χ2v) is 4.76. The van der Waals surface area contributed by atoms with E-state index in [1.165, 1.54) is 12.1 Å². The number of rotatable bonds is 1. The maximum atomic E-state index is 14.2. The molecule has 0 aromatic heterocycles. The molecule has 3 aromatic carbocycles. The van der Waals surface area contributed by atoms with Gasteiger partial charge >= 0.3 is 0 Å². The average molecular weight is 323 g/mol. The van der Waals surface area contributed by atoms with E-state index in [9.17, 15) is 9.50 Å². The normalized spacial score (nSPS) is 15.3. The molecular weight excluding hydrogens is 307 g/mol. The zero-order chi connectivity index (χ0) is 18.6. The zero-order valence-corrected chi connectivity index (χ0v) is 11.0. The molecule has 1 N–H and O–H groups in total. The fourth-order valence-electron chi connectivity index (χ4n) is 1.75. The van der Waals surface area contributed by atoms with Crippen molar-refractivity contribution in [2.24, 2.45) is 0 Å². The summed E-state index contributed by atoms with van der Waals surface area (Å²) in [5, 5.41) is 9.87. The molecule has 0 aliphatic heterocycles. The minimum absolute atomic E-state index is 0.139. The van der Waals surface area contributed by atoms with Crippen LogP contribution in [-0.2, 0) is 0 Å². The maximum Gasteiger partial charge on any atom is 0.131 e. The summed E-state index contributed by atoms with van der Waals surface area (Å²) < 4.78 is 62.5. The third-order valence-electron chi connectivity index (χ3n) is 2.62. The summed E-state index contributed by atoms with van der Waals surface area (Å²) in [4.78, 5) is 0. The predicted molar refractivity (Wildman–Crippen MR) is 78.7 cm³/mol. The number of halogens is 2. The fraction of sp³-hybridized carbons (Fsp3) is 0. The number of hydrogen-bond acceptors (Lipinski definition) is 1. The third-order valence-corrected chi connectivity index (χ3v) is 3.11. The Bertz CT molecular complexity index is 1050. The van der Waals surface area contributed by atoms with Crippen molar-refractivity contribution >= 4 is 26.7 Å². The van der Waals surface area contributed by atoms with Gasteiger partial charge in [0.1, 0.15) is 11.6 Å². The van der Waals surface area contributed by atoms with Crippen molar-refractivity contribution < 1.29 is 17.7 Å². The molecule has 0 saturated carbocycles. The van der Waals surface area contributed by atoms with Crippen LogP contribution < -0.4 is 0 Å². The SMILES string of the molecule is [2H]c1c([2H])c([2H])c2c([2H])c(-c3cc(Br)ccc3F)c(O)c([2H])c2c1[2H]. The summed E-state index contributed by atoms with van der Waals surface area (Å²) in [6.07, 6.45) is 0. The standard InChI is InChI=1S/C16H10BrFO/c17-12-5-6-15(18)13(9-12)14-7-10-3-1-2-4-11(10)8-16(14)19/h1-9,19H/i1D,2D,3D,4D,7D,8D. The summed E-state index contributed by atoms with van der Waals surface area (Å²) in [5.41, 5.74) is -0.430. The second kappa shape index (κ2) is 4.67. The van der Waals surface area contributed by atoms with Crippen LogP contribution in [0.3, 0.4) is 0 Å². The molecule has 0 aliphatic carbocycles. The van der Waals surface area contributed by atoms with Crippen molar-refractivity contribution in [1.29, 1.82) is 0 Å². The largest absolute Gasteiger partial charge is 0.507 e. The molecule has 0 saturated heterocycles. The number of fused-ring (bicyclic) bond motifs is 1. The Morgan fingerprint density at radius 2 is 1.74 bits per heavy atom. The van der Waals surface area contributed by atoms with E-state index in [2.05, 4.69) is 15.9 Å². The Kier molecular flexibility index (Phi) is 1.73. The molecule has 0 fully saturated rings. The van der Waals surface area contributed by atoms with Gasteiger partial charge in [0.15, 0.2) is 0 Å². The van der Waals surface area contributed by atoms with Gasteiger partial charge in [-0.15, -0.1) is 0 Å². The van der Waals surface area contributed by atoms with Gasteiger partial charge < -0.3 is 5.11 Å². The van der Waals surface area contributed by atoms with Gasteiger partial charge in [0.2, 0.25) is 0 Å². The molecule has 0 radical (unpaired) electrons. The van der Waals surface area contributed by atoms with E-state index >= 15 is 0 Å². The molecule has 0 bridgehead atoms. The van der Waals surface area contributed by atoms with Crippen molar-refractivity contribution in [1.82, 2.24) is 0 Å². The van der Waals surface area contributed by atoms with Crippen molar-refractivity contribution in [2.75, 3.05) is 0 Å². The van der Waals surface area contributed by atoms with Crippen LogP contribution in [0.2, 0.25) is 0 Å². The van der Waals surface area contributed by atoms with E-state index in [4.69, 9.17) is 8.22 Å². The van der Waals surface area contributed by atoms with Crippen LogP contribution in [0.4, 0.5) is 4.39 Å². The monoisotopic (exact) mass is 322 g/mol. The van der Waals surface area contributed by atoms with E-state index in [-0.39, 0.29) is 21.9 Å². The number of phenolic OH excluding ortho intramolecular Hbond substituents is 1. The first kappa shape index (κ1) is 7.06. The van der Waals surface area contributed by atoms with Gasteiger partial charge in [-0.25, -0.2) is 4.39 Å². The van der Waals surface area contributed by atoms with E-state index in [0.29, 0.717) is 4.47 Å². The average Bonchev–Trinajstić information content (AvgIpc) is 2.57. The lowest BCUT2D eigenvalue weighted by atomic mass is 10.00.